The SMILES string of the molecule is COc1cccc(CNC2CCc3ccccc32)c1OC. The summed E-state index contributed by atoms with van der Waals surface area (Å²) in [5, 5.41) is 3.64. The lowest BCUT2D eigenvalue weighted by Gasteiger charge is -2.17. The Morgan fingerprint density at radius 2 is 1.90 bits per heavy atom. The van der Waals surface area contributed by atoms with Crippen molar-refractivity contribution in [3.63, 3.8) is 0 Å². The molecule has 0 saturated carbocycles. The van der Waals surface area contributed by atoms with Crippen LogP contribution in [0.5, 0.6) is 11.5 Å². The van der Waals surface area contributed by atoms with Gasteiger partial charge in [0.1, 0.15) is 0 Å². The second kappa shape index (κ2) is 6.19. The number of hydrogen-bond acceptors (Lipinski definition) is 3. The minimum atomic E-state index is 0.428. The van der Waals surface area contributed by atoms with Crippen molar-refractivity contribution in [2.45, 2.75) is 25.4 Å². The fraction of sp³-hybridized carbons (Fsp3) is 0.333. The standard InChI is InChI=1S/C18H21NO2/c1-20-17-9-5-7-14(18(17)21-2)12-19-16-11-10-13-6-3-4-8-15(13)16/h3-9,16,19H,10-12H2,1-2H3. The van der Waals surface area contributed by atoms with Crippen LogP contribution in [0.4, 0.5) is 0 Å². The average Bonchev–Trinajstić information content (AvgIpc) is 2.95. The Hall–Kier alpha value is -2.00. The molecular weight excluding hydrogens is 262 g/mol. The van der Waals surface area contributed by atoms with Gasteiger partial charge in [0.25, 0.3) is 0 Å². The zero-order valence-electron chi connectivity index (χ0n) is 12.6. The number of aryl methyl sites for hydroxylation is 1. The van der Waals surface area contributed by atoms with Gasteiger partial charge in [0, 0.05) is 18.2 Å². The van der Waals surface area contributed by atoms with Gasteiger partial charge >= 0.3 is 0 Å². The lowest BCUT2D eigenvalue weighted by Crippen LogP contribution is -2.19. The lowest BCUT2D eigenvalue weighted by atomic mass is 10.1. The van der Waals surface area contributed by atoms with Gasteiger partial charge in [-0.3, -0.25) is 0 Å². The lowest BCUT2D eigenvalue weighted by molar-refractivity contribution is 0.349. The maximum atomic E-state index is 5.49. The molecule has 2 aromatic carbocycles. The number of fused-ring (bicyclic) bond motifs is 1. The van der Waals surface area contributed by atoms with Crippen molar-refractivity contribution in [2.75, 3.05) is 14.2 Å². The van der Waals surface area contributed by atoms with E-state index in [4.69, 9.17) is 9.47 Å². The highest BCUT2D eigenvalue weighted by atomic mass is 16.5. The Labute approximate surface area is 125 Å². The molecule has 1 aliphatic rings. The van der Waals surface area contributed by atoms with Crippen LogP contribution in [-0.2, 0) is 13.0 Å². The molecule has 3 heteroatoms. The van der Waals surface area contributed by atoms with Crippen LogP contribution in [0.3, 0.4) is 0 Å². The van der Waals surface area contributed by atoms with Crippen LogP contribution in [0.2, 0.25) is 0 Å². The van der Waals surface area contributed by atoms with Gasteiger partial charge in [-0.1, -0.05) is 36.4 Å². The molecular formula is C18H21NO2. The van der Waals surface area contributed by atoms with Gasteiger partial charge in [0.05, 0.1) is 14.2 Å². The van der Waals surface area contributed by atoms with Crippen LogP contribution in [0, 0.1) is 0 Å². The molecule has 21 heavy (non-hydrogen) atoms. The fourth-order valence-electron chi connectivity index (χ4n) is 3.10. The summed E-state index contributed by atoms with van der Waals surface area (Å²) in [6.45, 7) is 0.777. The summed E-state index contributed by atoms with van der Waals surface area (Å²) in [7, 11) is 3.36. The van der Waals surface area contributed by atoms with E-state index >= 15 is 0 Å². The highest BCUT2D eigenvalue weighted by molar-refractivity contribution is 5.46. The van der Waals surface area contributed by atoms with E-state index in [1.165, 1.54) is 11.1 Å². The maximum Gasteiger partial charge on any atom is 0.165 e. The van der Waals surface area contributed by atoms with Gasteiger partial charge in [-0.05, 0) is 30.0 Å². The number of rotatable bonds is 5. The monoisotopic (exact) mass is 283 g/mol. The summed E-state index contributed by atoms with van der Waals surface area (Å²) < 4.78 is 10.8. The van der Waals surface area contributed by atoms with E-state index in [9.17, 15) is 0 Å². The second-order valence-corrected chi connectivity index (χ2v) is 5.32. The Morgan fingerprint density at radius 1 is 1.05 bits per heavy atom. The van der Waals surface area contributed by atoms with Gasteiger partial charge in [-0.15, -0.1) is 0 Å². The third-order valence-electron chi connectivity index (χ3n) is 4.16. The Balaban J connectivity index is 1.75. The summed E-state index contributed by atoms with van der Waals surface area (Å²) in [6.07, 6.45) is 2.31. The molecule has 0 radical (unpaired) electrons. The first-order chi connectivity index (χ1) is 10.3. The topological polar surface area (TPSA) is 30.5 Å². The van der Waals surface area contributed by atoms with E-state index < -0.39 is 0 Å². The molecule has 0 aliphatic heterocycles. The van der Waals surface area contributed by atoms with Crippen LogP contribution in [0.1, 0.15) is 29.2 Å². The zero-order chi connectivity index (χ0) is 14.7. The minimum absolute atomic E-state index is 0.428. The summed E-state index contributed by atoms with van der Waals surface area (Å²) in [6, 6.07) is 15.1. The quantitative estimate of drug-likeness (QED) is 0.911. The Kier molecular flexibility index (Phi) is 4.11. The molecule has 3 rings (SSSR count). The number of benzene rings is 2. The van der Waals surface area contributed by atoms with Crippen LogP contribution in [0.25, 0.3) is 0 Å². The summed E-state index contributed by atoms with van der Waals surface area (Å²) in [4.78, 5) is 0. The van der Waals surface area contributed by atoms with Crippen LogP contribution >= 0.6 is 0 Å². The summed E-state index contributed by atoms with van der Waals surface area (Å²) >= 11 is 0. The normalized spacial score (nSPS) is 16.6. The van der Waals surface area contributed by atoms with Gasteiger partial charge in [-0.2, -0.15) is 0 Å². The first-order valence-corrected chi connectivity index (χ1v) is 7.34. The molecule has 0 spiro atoms. The molecule has 1 atom stereocenters. The molecule has 1 aliphatic carbocycles. The van der Waals surface area contributed by atoms with E-state index in [0.717, 1.165) is 36.4 Å². The highest BCUT2D eigenvalue weighted by Crippen LogP contribution is 2.33. The van der Waals surface area contributed by atoms with Gasteiger partial charge < -0.3 is 14.8 Å². The molecule has 3 nitrogen and oxygen atoms in total. The smallest absolute Gasteiger partial charge is 0.165 e. The van der Waals surface area contributed by atoms with E-state index in [2.05, 4.69) is 35.6 Å². The fourth-order valence-corrected chi connectivity index (χ4v) is 3.10. The molecule has 1 N–H and O–H groups in total. The second-order valence-electron chi connectivity index (χ2n) is 5.32. The number of hydrogen-bond donors (Lipinski definition) is 1. The van der Waals surface area contributed by atoms with E-state index in [0.29, 0.717) is 6.04 Å². The number of nitrogens with one attached hydrogen (secondary N) is 1. The van der Waals surface area contributed by atoms with Crippen molar-refractivity contribution in [2.24, 2.45) is 0 Å². The molecule has 1 unspecified atom stereocenters. The summed E-state index contributed by atoms with van der Waals surface area (Å²) in [5.74, 6) is 1.60. The predicted molar refractivity (Wildman–Crippen MR) is 83.9 cm³/mol. The predicted octanol–water partition coefficient (Wildman–Crippen LogP) is 3.48. The van der Waals surface area contributed by atoms with Gasteiger partial charge in [0.15, 0.2) is 11.5 Å². The van der Waals surface area contributed by atoms with Crippen LogP contribution in [0.15, 0.2) is 42.5 Å². The summed E-state index contributed by atoms with van der Waals surface area (Å²) in [5.41, 5.74) is 4.02. The molecule has 0 heterocycles. The maximum absolute atomic E-state index is 5.49. The minimum Gasteiger partial charge on any atom is -0.493 e. The Bertz CT molecular complexity index is 624. The number of methoxy groups -OCH3 is 2. The van der Waals surface area contributed by atoms with Crippen molar-refractivity contribution in [3.8, 4) is 11.5 Å². The average molecular weight is 283 g/mol. The largest absolute Gasteiger partial charge is 0.493 e. The first kappa shape index (κ1) is 14.0. The first-order valence-electron chi connectivity index (χ1n) is 7.34. The molecule has 2 aromatic rings. The molecule has 0 aromatic heterocycles. The van der Waals surface area contributed by atoms with Gasteiger partial charge in [0.2, 0.25) is 0 Å². The van der Waals surface area contributed by atoms with Crippen molar-refractivity contribution >= 4 is 0 Å². The highest BCUT2D eigenvalue weighted by Gasteiger charge is 2.21. The molecule has 0 bridgehead atoms. The van der Waals surface area contributed by atoms with E-state index in [-0.39, 0.29) is 0 Å². The van der Waals surface area contributed by atoms with Crippen molar-refractivity contribution in [1.29, 1.82) is 0 Å². The molecule has 110 valence electrons. The number of para-hydroxylation sites is 1. The van der Waals surface area contributed by atoms with Crippen LogP contribution < -0.4 is 14.8 Å². The van der Waals surface area contributed by atoms with Crippen LogP contribution in [-0.4, -0.2) is 14.2 Å². The zero-order valence-corrected chi connectivity index (χ0v) is 12.6. The third kappa shape index (κ3) is 2.74. The third-order valence-corrected chi connectivity index (χ3v) is 4.16. The molecule has 0 fully saturated rings. The molecule has 0 saturated heterocycles. The van der Waals surface area contributed by atoms with E-state index in [1.54, 1.807) is 14.2 Å². The van der Waals surface area contributed by atoms with Crippen molar-refractivity contribution in [3.05, 3.63) is 59.2 Å². The van der Waals surface area contributed by atoms with Gasteiger partial charge in [-0.25, -0.2) is 0 Å². The van der Waals surface area contributed by atoms with Crippen molar-refractivity contribution < 1.29 is 9.47 Å². The molecule has 0 amide bonds. The Morgan fingerprint density at radius 3 is 2.71 bits per heavy atom. The van der Waals surface area contributed by atoms with Crippen molar-refractivity contribution in [1.82, 2.24) is 5.32 Å². The number of ether oxygens (including phenoxy) is 2. The van der Waals surface area contributed by atoms with E-state index in [1.807, 2.05) is 12.1 Å².